The van der Waals surface area contributed by atoms with Crippen molar-refractivity contribution in [2.45, 2.75) is 25.3 Å². The van der Waals surface area contributed by atoms with E-state index in [4.69, 9.17) is 10.5 Å². The topological polar surface area (TPSA) is 103 Å². The molecule has 8 heteroatoms. The molecule has 1 fully saturated rings. The maximum Gasteiger partial charge on any atom is 0.254 e. The Kier molecular flexibility index (Phi) is 5.94. The first kappa shape index (κ1) is 19.9. The number of hydrogen-bond acceptors (Lipinski definition) is 6. The number of nitrogens with two attached hydrogens (primary N) is 1. The second-order valence-electron chi connectivity index (χ2n) is 7.22. The summed E-state index contributed by atoms with van der Waals surface area (Å²) < 4.78 is 20.2. The van der Waals surface area contributed by atoms with Gasteiger partial charge in [-0.25, -0.2) is 9.37 Å². The Morgan fingerprint density at radius 1 is 1.17 bits per heavy atom. The van der Waals surface area contributed by atoms with Gasteiger partial charge in [-0.3, -0.25) is 4.79 Å². The van der Waals surface area contributed by atoms with Crippen molar-refractivity contribution in [2.24, 2.45) is 0 Å². The van der Waals surface area contributed by atoms with Crippen LogP contribution in [0.2, 0.25) is 0 Å². The number of benzene rings is 1. The third-order valence-corrected chi connectivity index (χ3v) is 5.26. The number of ether oxygens (including phenoxy) is 1. The van der Waals surface area contributed by atoms with Crippen molar-refractivity contribution in [1.29, 1.82) is 0 Å². The van der Waals surface area contributed by atoms with E-state index in [0.29, 0.717) is 22.9 Å². The minimum atomic E-state index is -0.617. The van der Waals surface area contributed by atoms with Crippen LogP contribution in [0.1, 0.15) is 40.2 Å². The standard InChI is InChI=1S/C22H22FN5O2/c23-20-10-16(1-2-18(20)22(29)26-11-14-3-6-27-28-12-14)19-9-17(13-25-21(19)24)15-4-7-30-8-5-15/h1-3,6,9-10,12-13,15H,4-5,7-8,11H2,(H2,24,25)(H,26,29). The zero-order valence-electron chi connectivity index (χ0n) is 16.3. The number of nitrogens with one attached hydrogen (secondary N) is 1. The van der Waals surface area contributed by atoms with E-state index < -0.39 is 11.7 Å². The lowest BCUT2D eigenvalue weighted by atomic mass is 9.91. The summed E-state index contributed by atoms with van der Waals surface area (Å²) in [4.78, 5) is 16.7. The Morgan fingerprint density at radius 2 is 2.00 bits per heavy atom. The maximum absolute atomic E-state index is 14.7. The Hall–Kier alpha value is -3.39. The van der Waals surface area contributed by atoms with E-state index in [1.807, 2.05) is 6.07 Å². The quantitative estimate of drug-likeness (QED) is 0.674. The Morgan fingerprint density at radius 3 is 2.73 bits per heavy atom. The predicted molar refractivity (Wildman–Crippen MR) is 110 cm³/mol. The minimum Gasteiger partial charge on any atom is -0.383 e. The van der Waals surface area contributed by atoms with Crippen LogP contribution in [0.25, 0.3) is 11.1 Å². The molecule has 0 unspecified atom stereocenters. The van der Waals surface area contributed by atoms with Crippen LogP contribution in [-0.4, -0.2) is 34.3 Å². The zero-order valence-corrected chi connectivity index (χ0v) is 16.3. The third kappa shape index (κ3) is 4.44. The number of anilines is 1. The first-order valence-corrected chi connectivity index (χ1v) is 9.78. The molecule has 0 saturated carbocycles. The molecule has 4 rings (SSSR count). The van der Waals surface area contributed by atoms with E-state index >= 15 is 0 Å². The van der Waals surface area contributed by atoms with E-state index in [-0.39, 0.29) is 12.1 Å². The minimum absolute atomic E-state index is 0.0344. The molecule has 1 aliphatic heterocycles. The summed E-state index contributed by atoms with van der Waals surface area (Å²) in [6, 6.07) is 8.17. The summed E-state index contributed by atoms with van der Waals surface area (Å²) in [7, 11) is 0. The second-order valence-corrected chi connectivity index (χ2v) is 7.22. The van der Waals surface area contributed by atoms with E-state index in [1.54, 1.807) is 24.5 Å². The van der Waals surface area contributed by atoms with Gasteiger partial charge in [0.25, 0.3) is 5.91 Å². The van der Waals surface area contributed by atoms with Gasteiger partial charge in [0.05, 0.1) is 11.8 Å². The van der Waals surface area contributed by atoms with Gasteiger partial charge in [0.15, 0.2) is 0 Å². The second kappa shape index (κ2) is 8.96. The summed E-state index contributed by atoms with van der Waals surface area (Å²) in [5.74, 6) is -0.442. The highest BCUT2D eigenvalue weighted by atomic mass is 19.1. The van der Waals surface area contributed by atoms with Crippen LogP contribution in [0.5, 0.6) is 0 Å². The summed E-state index contributed by atoms with van der Waals surface area (Å²) in [6.07, 6.45) is 6.70. The van der Waals surface area contributed by atoms with Crippen LogP contribution in [0.3, 0.4) is 0 Å². The molecule has 154 valence electrons. The lowest BCUT2D eigenvalue weighted by Crippen LogP contribution is -2.24. The van der Waals surface area contributed by atoms with Crippen molar-refractivity contribution in [3.63, 3.8) is 0 Å². The van der Waals surface area contributed by atoms with Gasteiger partial charge in [-0.2, -0.15) is 10.2 Å². The van der Waals surface area contributed by atoms with Crippen LogP contribution in [-0.2, 0) is 11.3 Å². The van der Waals surface area contributed by atoms with Gasteiger partial charge in [-0.1, -0.05) is 6.07 Å². The Bertz CT molecular complexity index is 1040. The van der Waals surface area contributed by atoms with Crippen LogP contribution in [0.4, 0.5) is 10.2 Å². The number of rotatable bonds is 5. The van der Waals surface area contributed by atoms with Crippen LogP contribution < -0.4 is 11.1 Å². The summed E-state index contributed by atoms with van der Waals surface area (Å²) in [5, 5.41) is 10.1. The third-order valence-electron chi connectivity index (χ3n) is 5.26. The van der Waals surface area contributed by atoms with Crippen molar-refractivity contribution >= 4 is 11.7 Å². The highest BCUT2D eigenvalue weighted by Crippen LogP contribution is 2.32. The zero-order chi connectivity index (χ0) is 20.9. The molecule has 1 saturated heterocycles. The number of amides is 1. The Labute approximate surface area is 173 Å². The fraction of sp³-hybridized carbons (Fsp3) is 0.273. The molecule has 0 aliphatic carbocycles. The number of carbonyl (C=O) groups excluding carboxylic acids is 1. The summed E-state index contributed by atoms with van der Waals surface area (Å²) in [5.41, 5.74) is 9.12. The van der Waals surface area contributed by atoms with Crippen molar-refractivity contribution in [1.82, 2.24) is 20.5 Å². The van der Waals surface area contributed by atoms with E-state index in [2.05, 4.69) is 20.5 Å². The van der Waals surface area contributed by atoms with Crippen molar-refractivity contribution in [3.8, 4) is 11.1 Å². The molecule has 2 aromatic heterocycles. The lowest BCUT2D eigenvalue weighted by molar-refractivity contribution is 0.0853. The van der Waals surface area contributed by atoms with Crippen molar-refractivity contribution in [2.75, 3.05) is 18.9 Å². The molecule has 1 aromatic carbocycles. The molecule has 3 aromatic rings. The van der Waals surface area contributed by atoms with Crippen LogP contribution in [0, 0.1) is 5.82 Å². The normalized spacial score (nSPS) is 14.4. The first-order valence-electron chi connectivity index (χ1n) is 9.78. The molecule has 30 heavy (non-hydrogen) atoms. The molecular formula is C22H22FN5O2. The van der Waals surface area contributed by atoms with Crippen LogP contribution >= 0.6 is 0 Å². The molecule has 3 N–H and O–H groups in total. The number of nitrogen functional groups attached to an aromatic ring is 1. The number of aromatic nitrogens is 3. The molecule has 7 nitrogen and oxygen atoms in total. The average Bonchev–Trinajstić information content (AvgIpc) is 2.79. The monoisotopic (exact) mass is 407 g/mol. The fourth-order valence-electron chi connectivity index (χ4n) is 3.54. The molecule has 1 aliphatic rings. The van der Waals surface area contributed by atoms with Crippen molar-refractivity contribution in [3.05, 3.63) is 71.4 Å². The maximum atomic E-state index is 14.7. The van der Waals surface area contributed by atoms with Gasteiger partial charge in [0, 0.05) is 37.7 Å². The molecule has 0 atom stereocenters. The molecule has 0 bridgehead atoms. The lowest BCUT2D eigenvalue weighted by Gasteiger charge is -2.22. The van der Waals surface area contributed by atoms with Gasteiger partial charge < -0.3 is 15.8 Å². The van der Waals surface area contributed by atoms with E-state index in [0.717, 1.165) is 37.2 Å². The molecule has 0 radical (unpaired) electrons. The predicted octanol–water partition coefficient (Wildman–Crippen LogP) is 3.08. The summed E-state index contributed by atoms with van der Waals surface area (Å²) in [6.45, 7) is 1.68. The smallest absolute Gasteiger partial charge is 0.254 e. The van der Waals surface area contributed by atoms with Gasteiger partial charge in [0.1, 0.15) is 11.6 Å². The fourth-order valence-corrected chi connectivity index (χ4v) is 3.54. The first-order chi connectivity index (χ1) is 14.6. The number of carbonyl (C=O) groups is 1. The number of halogens is 1. The van der Waals surface area contributed by atoms with Crippen LogP contribution in [0.15, 0.2) is 48.9 Å². The van der Waals surface area contributed by atoms with E-state index in [1.165, 1.54) is 18.3 Å². The van der Waals surface area contributed by atoms with Gasteiger partial charge >= 0.3 is 0 Å². The molecule has 0 spiro atoms. The Balaban J connectivity index is 1.53. The van der Waals surface area contributed by atoms with E-state index in [9.17, 15) is 9.18 Å². The SMILES string of the molecule is Nc1ncc(C2CCOCC2)cc1-c1ccc(C(=O)NCc2ccnnc2)c(F)c1. The molecule has 3 heterocycles. The van der Waals surface area contributed by atoms with Gasteiger partial charge in [-0.05, 0) is 59.7 Å². The van der Waals surface area contributed by atoms with Crippen molar-refractivity contribution < 1.29 is 13.9 Å². The number of pyridine rings is 1. The highest BCUT2D eigenvalue weighted by Gasteiger charge is 2.19. The largest absolute Gasteiger partial charge is 0.383 e. The molecular weight excluding hydrogens is 385 g/mol. The number of nitrogens with zero attached hydrogens (tertiary/aromatic N) is 3. The highest BCUT2D eigenvalue weighted by molar-refractivity contribution is 5.95. The summed E-state index contributed by atoms with van der Waals surface area (Å²) >= 11 is 0. The number of hydrogen-bond donors (Lipinski definition) is 2. The molecule has 1 amide bonds. The van der Waals surface area contributed by atoms with Gasteiger partial charge in [0.2, 0.25) is 0 Å². The van der Waals surface area contributed by atoms with Gasteiger partial charge in [-0.15, -0.1) is 0 Å². The average molecular weight is 407 g/mol.